The van der Waals surface area contributed by atoms with Crippen LogP contribution in [0.5, 0.6) is 0 Å². The molecule has 0 atom stereocenters. The van der Waals surface area contributed by atoms with Gasteiger partial charge in [-0.25, -0.2) is 9.97 Å². The monoisotopic (exact) mass is 1010 g/mol. The molecule has 0 saturated heterocycles. The summed E-state index contributed by atoms with van der Waals surface area (Å²) in [5.74, 6) is 0. The third-order valence-corrected chi connectivity index (χ3v) is 11.7. The van der Waals surface area contributed by atoms with Gasteiger partial charge in [-0.3, -0.25) is 0 Å². The van der Waals surface area contributed by atoms with Crippen LogP contribution in [-0.2, 0) is 24.7 Å². The number of aromatic nitrogens is 2. The Kier molecular flexibility index (Phi) is 12.1. The Balaban J connectivity index is 1.38. The van der Waals surface area contributed by atoms with Crippen LogP contribution in [0.4, 0.5) is 52.7 Å². The smallest absolute Gasteiger partial charge is 0.416 e. The van der Waals surface area contributed by atoms with Gasteiger partial charge in [0.2, 0.25) is 11.1 Å². The van der Waals surface area contributed by atoms with Crippen molar-refractivity contribution >= 4 is 33.3 Å². The normalized spacial score (nSPS) is 12.0. The molecule has 9 rings (SSSR count). The molecule has 0 radical (unpaired) electrons. The Bertz CT molecular complexity index is 3710. The van der Waals surface area contributed by atoms with Gasteiger partial charge in [0, 0.05) is 0 Å². The van der Waals surface area contributed by atoms with Gasteiger partial charge in [0.25, 0.3) is 0 Å². The minimum absolute atomic E-state index is 0.0145. The number of hydrogen-bond donors (Lipinski definition) is 0. The summed E-state index contributed by atoms with van der Waals surface area (Å²) >= 11 is 0. The van der Waals surface area contributed by atoms with Crippen molar-refractivity contribution in [2.24, 2.45) is 0 Å². The van der Waals surface area contributed by atoms with Crippen molar-refractivity contribution in [3.63, 3.8) is 0 Å². The van der Waals surface area contributed by atoms with E-state index in [0.29, 0.717) is 24.3 Å². The summed E-state index contributed by atoms with van der Waals surface area (Å²) in [7, 11) is 0. The second-order valence-electron chi connectivity index (χ2n) is 16.2. The Hall–Kier alpha value is -9.66. The number of oxazole rings is 2. The predicted molar refractivity (Wildman–Crippen MR) is 243 cm³/mol. The highest BCUT2D eigenvalue weighted by Crippen LogP contribution is 2.49. The van der Waals surface area contributed by atoms with Crippen molar-refractivity contribution in [1.82, 2.24) is 9.97 Å². The number of nitriles is 4. The fraction of sp³-hybridized carbons (Fsp3) is 0.0741. The first-order chi connectivity index (χ1) is 35.0. The van der Waals surface area contributed by atoms with Gasteiger partial charge >= 0.3 is 24.7 Å². The lowest BCUT2D eigenvalue weighted by atomic mass is 9.87. The zero-order valence-electron chi connectivity index (χ0n) is 36.7. The first-order valence-corrected chi connectivity index (χ1v) is 21.1. The number of halogens is 12. The van der Waals surface area contributed by atoms with Gasteiger partial charge in [0.15, 0.2) is 22.3 Å². The second kappa shape index (κ2) is 18.2. The lowest BCUT2D eigenvalue weighted by Gasteiger charge is -2.18. The highest BCUT2D eigenvalue weighted by Gasteiger charge is 2.36. The van der Waals surface area contributed by atoms with Crippen LogP contribution in [0.2, 0.25) is 0 Å². The molecule has 0 spiro atoms. The molecule has 9 aromatic rings. The molecule has 0 unspecified atom stereocenters. The molecule has 8 nitrogen and oxygen atoms in total. The van der Waals surface area contributed by atoms with Crippen LogP contribution in [0.1, 0.15) is 22.3 Å². The summed E-state index contributed by atoms with van der Waals surface area (Å²) in [6.07, 6.45) is -19.5. The molecule has 2 aromatic heterocycles. The van der Waals surface area contributed by atoms with E-state index in [9.17, 15) is 73.7 Å². The highest BCUT2D eigenvalue weighted by molar-refractivity contribution is 6.18. The van der Waals surface area contributed by atoms with Gasteiger partial charge in [-0.1, -0.05) is 72.8 Å². The minimum Gasteiger partial charge on any atom is -0.434 e. The van der Waals surface area contributed by atoms with Gasteiger partial charge in [0.05, 0.1) is 33.4 Å². The number of hydrogen-bond acceptors (Lipinski definition) is 8. The van der Waals surface area contributed by atoms with Crippen molar-refractivity contribution in [2.75, 3.05) is 0 Å². The number of fused-ring (bicyclic) bond motifs is 2. The molecule has 74 heavy (non-hydrogen) atoms. The summed E-state index contributed by atoms with van der Waals surface area (Å²) in [6, 6.07) is 30.3. The standard InChI is InChI=1S/C54H22F12N6O2/c55-51(56,57)35-13-9-27(10-14-35)29-17-31(21-37(19-29)53(61,62)63)39-5-1-3-7-41(39)43-45-48(74-49(71-45)33(23-67)24-68)44(46-47(43)73-50(72-46)34(25-69)26-70)42-8-4-2-6-40(42)32-18-30(20-38(22-32)54(64,65)66)28-11-15-36(16-12-28)52(58,59)60/h1-22H. The summed E-state index contributed by atoms with van der Waals surface area (Å²) in [4.78, 5) is 9.00. The molecule has 0 N–H and O–H groups in total. The summed E-state index contributed by atoms with van der Waals surface area (Å²) < 4.78 is 182. The van der Waals surface area contributed by atoms with Crippen LogP contribution in [0, 0.1) is 45.3 Å². The van der Waals surface area contributed by atoms with Crippen molar-refractivity contribution in [3.8, 4) is 91.0 Å². The van der Waals surface area contributed by atoms with E-state index < -0.39 is 69.2 Å². The molecular weight excluding hydrogens is 993 g/mol. The summed E-state index contributed by atoms with van der Waals surface area (Å²) in [5, 5.41) is 40.0. The van der Waals surface area contributed by atoms with Gasteiger partial charge < -0.3 is 8.83 Å². The van der Waals surface area contributed by atoms with E-state index in [0.717, 1.165) is 48.5 Å². The summed E-state index contributed by atoms with van der Waals surface area (Å²) in [5.41, 5.74) is -9.64. The topological polar surface area (TPSA) is 147 Å². The maximum Gasteiger partial charge on any atom is 0.416 e. The van der Waals surface area contributed by atoms with Crippen molar-refractivity contribution in [1.29, 1.82) is 21.0 Å². The molecule has 0 aliphatic heterocycles. The van der Waals surface area contributed by atoms with E-state index in [1.165, 1.54) is 60.7 Å². The SMILES string of the molecule is N#CC(C#N)=c1nc2c(-c3ccccc3-c3cc(-c4ccc(C(F)(F)F)cc4)cc(C(F)(F)F)c3)c3oc(=C(C#N)C#N)nc3c(-c3ccccc3-c3cc(-c4ccc(C(F)(F)F)cc4)cc(C(F)(F)F)c3)c2o1. The van der Waals surface area contributed by atoms with Crippen molar-refractivity contribution < 1.29 is 61.5 Å². The molecular formula is C54H22F12N6O2. The van der Waals surface area contributed by atoms with E-state index in [2.05, 4.69) is 9.97 Å². The van der Waals surface area contributed by atoms with Crippen LogP contribution in [0.3, 0.4) is 0 Å². The molecule has 0 amide bonds. The van der Waals surface area contributed by atoms with Crippen molar-refractivity contribution in [2.45, 2.75) is 24.7 Å². The fourth-order valence-corrected chi connectivity index (χ4v) is 8.32. The molecule has 20 heteroatoms. The van der Waals surface area contributed by atoms with Crippen LogP contribution in [-0.4, -0.2) is 9.97 Å². The first-order valence-electron chi connectivity index (χ1n) is 21.1. The van der Waals surface area contributed by atoms with Gasteiger partial charge in [-0.2, -0.15) is 73.7 Å². The molecule has 7 aromatic carbocycles. The highest BCUT2D eigenvalue weighted by atomic mass is 19.4. The van der Waals surface area contributed by atoms with E-state index in [1.807, 2.05) is 0 Å². The largest absolute Gasteiger partial charge is 0.434 e. The van der Waals surface area contributed by atoms with E-state index >= 15 is 0 Å². The van der Waals surface area contributed by atoms with Gasteiger partial charge in [-0.05, 0) is 116 Å². The van der Waals surface area contributed by atoms with E-state index in [1.54, 1.807) is 24.3 Å². The molecule has 0 bridgehead atoms. The van der Waals surface area contributed by atoms with Crippen LogP contribution in [0.15, 0.2) is 142 Å². The molecule has 0 saturated carbocycles. The zero-order valence-corrected chi connectivity index (χ0v) is 36.7. The molecule has 0 aliphatic rings. The Labute approximate surface area is 407 Å². The van der Waals surface area contributed by atoms with E-state index in [4.69, 9.17) is 8.83 Å². The van der Waals surface area contributed by atoms with E-state index in [-0.39, 0.29) is 89.0 Å². The van der Waals surface area contributed by atoms with Gasteiger partial charge in [0.1, 0.15) is 35.3 Å². The number of benzene rings is 7. The fourth-order valence-electron chi connectivity index (χ4n) is 8.32. The average Bonchev–Trinajstić information content (AvgIpc) is 4.00. The molecule has 364 valence electrons. The number of rotatable bonds is 6. The first kappa shape index (κ1) is 49.3. The van der Waals surface area contributed by atoms with Crippen molar-refractivity contribution in [3.05, 3.63) is 167 Å². The average molecular weight is 1010 g/mol. The Morgan fingerprint density at radius 2 is 0.649 bits per heavy atom. The van der Waals surface area contributed by atoms with Crippen LogP contribution in [0.25, 0.3) is 100 Å². The second-order valence-corrected chi connectivity index (χ2v) is 16.2. The molecule has 2 heterocycles. The Morgan fingerprint density at radius 3 is 0.946 bits per heavy atom. The maximum atomic E-state index is 14.7. The van der Waals surface area contributed by atoms with Crippen LogP contribution >= 0.6 is 0 Å². The maximum absolute atomic E-state index is 14.7. The molecule has 0 aliphatic carbocycles. The predicted octanol–water partition coefficient (Wildman–Crippen LogP) is 14.4. The summed E-state index contributed by atoms with van der Waals surface area (Å²) in [6.45, 7) is 0. The lowest BCUT2D eigenvalue weighted by Crippen LogP contribution is -2.06. The quantitative estimate of drug-likeness (QED) is 0.150. The third-order valence-electron chi connectivity index (χ3n) is 11.7. The number of nitrogens with zero attached hydrogens (tertiary/aromatic N) is 6. The van der Waals surface area contributed by atoms with Gasteiger partial charge in [-0.15, -0.1) is 0 Å². The lowest BCUT2D eigenvalue weighted by molar-refractivity contribution is -0.138. The molecule has 0 fully saturated rings. The Morgan fingerprint density at radius 1 is 0.351 bits per heavy atom. The third kappa shape index (κ3) is 9.12. The number of alkyl halides is 12. The van der Waals surface area contributed by atoms with Crippen LogP contribution < -0.4 is 11.1 Å². The minimum atomic E-state index is -5.01. The zero-order chi connectivity index (χ0) is 53.1.